The lowest BCUT2D eigenvalue weighted by Gasteiger charge is -2.18. The third kappa shape index (κ3) is 2.66. The molecule has 0 aromatic carbocycles. The fourth-order valence-corrected chi connectivity index (χ4v) is 1.20. The molecule has 0 saturated carbocycles. The van der Waals surface area contributed by atoms with Crippen molar-refractivity contribution in [3.05, 3.63) is 21.9 Å². The molecule has 0 aliphatic carbocycles. The van der Waals surface area contributed by atoms with E-state index in [1.54, 1.807) is 20.8 Å². The maximum absolute atomic E-state index is 11.5. The molecule has 0 aliphatic heterocycles. The monoisotopic (exact) mass is 235 g/mol. The van der Waals surface area contributed by atoms with E-state index >= 15 is 0 Å². The zero-order valence-electron chi connectivity index (χ0n) is 8.15. The maximum Gasteiger partial charge on any atom is 0.341 e. The van der Waals surface area contributed by atoms with E-state index in [1.807, 2.05) is 0 Å². The van der Waals surface area contributed by atoms with Crippen LogP contribution in [0.3, 0.4) is 0 Å². The topological polar surface area (TPSA) is 42.1 Å². The van der Waals surface area contributed by atoms with E-state index in [9.17, 15) is 4.79 Å². The number of nitrogens with one attached hydrogen (secondary N) is 1. The first-order valence-corrected chi connectivity index (χ1v) is 4.82. The van der Waals surface area contributed by atoms with Crippen molar-refractivity contribution in [2.24, 2.45) is 0 Å². The summed E-state index contributed by atoms with van der Waals surface area (Å²) in [6, 6.07) is 0. The molecule has 3 nitrogen and oxygen atoms in total. The van der Waals surface area contributed by atoms with Crippen molar-refractivity contribution in [1.82, 2.24) is 4.98 Å². The summed E-state index contributed by atoms with van der Waals surface area (Å²) in [5, 5.41) is 0.438. The smallest absolute Gasteiger partial charge is 0.341 e. The minimum absolute atomic E-state index is 0.195. The van der Waals surface area contributed by atoms with Crippen molar-refractivity contribution in [2.45, 2.75) is 26.4 Å². The molecule has 0 aliphatic rings. The molecule has 78 valence electrons. The van der Waals surface area contributed by atoms with Gasteiger partial charge in [0, 0.05) is 6.20 Å². The van der Waals surface area contributed by atoms with Gasteiger partial charge < -0.3 is 9.72 Å². The lowest BCUT2D eigenvalue weighted by Crippen LogP contribution is -2.23. The van der Waals surface area contributed by atoms with Crippen LogP contribution in [0, 0.1) is 0 Å². The highest BCUT2D eigenvalue weighted by molar-refractivity contribution is 6.43. The van der Waals surface area contributed by atoms with Gasteiger partial charge in [0.2, 0.25) is 0 Å². The van der Waals surface area contributed by atoms with Crippen LogP contribution in [0.2, 0.25) is 10.2 Å². The van der Waals surface area contributed by atoms with Gasteiger partial charge in [-0.05, 0) is 20.8 Å². The van der Waals surface area contributed by atoms with Crippen LogP contribution in [-0.2, 0) is 4.74 Å². The summed E-state index contributed by atoms with van der Waals surface area (Å²) in [6.07, 6.45) is 1.43. The summed E-state index contributed by atoms with van der Waals surface area (Å²) in [4.78, 5) is 14.1. The molecule has 14 heavy (non-hydrogen) atoms. The second-order valence-corrected chi connectivity index (χ2v) is 4.59. The summed E-state index contributed by atoms with van der Waals surface area (Å²) in [5.41, 5.74) is -0.281. The van der Waals surface area contributed by atoms with Crippen molar-refractivity contribution in [1.29, 1.82) is 0 Å². The Bertz CT molecular complexity index is 352. The molecule has 1 aromatic heterocycles. The van der Waals surface area contributed by atoms with E-state index in [1.165, 1.54) is 6.20 Å². The largest absolute Gasteiger partial charge is 0.456 e. The number of aromatic amines is 1. The van der Waals surface area contributed by atoms with Gasteiger partial charge >= 0.3 is 5.97 Å². The Morgan fingerprint density at radius 3 is 2.36 bits per heavy atom. The minimum atomic E-state index is -0.538. The standard InChI is InChI=1S/C9H11Cl2NO2/c1-9(2,3)14-8(13)5-4-12-7(11)6(5)10/h4,12H,1-3H3. The Hall–Kier alpha value is -0.670. The lowest BCUT2D eigenvalue weighted by atomic mass is 10.2. The van der Waals surface area contributed by atoms with E-state index in [0.29, 0.717) is 0 Å². The number of carbonyl (C=O) groups is 1. The molecule has 1 aromatic rings. The van der Waals surface area contributed by atoms with E-state index in [-0.39, 0.29) is 15.7 Å². The number of aromatic nitrogens is 1. The Morgan fingerprint density at radius 2 is 2.00 bits per heavy atom. The van der Waals surface area contributed by atoms with E-state index in [0.717, 1.165) is 0 Å². The van der Waals surface area contributed by atoms with E-state index < -0.39 is 11.6 Å². The SMILES string of the molecule is CC(C)(C)OC(=O)c1c[nH]c(Cl)c1Cl. The number of hydrogen-bond acceptors (Lipinski definition) is 2. The lowest BCUT2D eigenvalue weighted by molar-refractivity contribution is 0.00700. The molecule has 1 N–H and O–H groups in total. The van der Waals surface area contributed by atoms with Gasteiger partial charge in [0.05, 0.1) is 10.6 Å². The number of rotatable bonds is 1. The fraction of sp³-hybridized carbons (Fsp3) is 0.444. The van der Waals surface area contributed by atoms with Crippen molar-refractivity contribution < 1.29 is 9.53 Å². The molecular weight excluding hydrogens is 225 g/mol. The normalized spacial score (nSPS) is 11.5. The molecule has 0 amide bonds. The van der Waals surface area contributed by atoms with Crippen LogP contribution >= 0.6 is 23.2 Å². The van der Waals surface area contributed by atoms with Crippen LogP contribution in [0.1, 0.15) is 31.1 Å². The molecule has 0 radical (unpaired) electrons. The molecule has 1 heterocycles. The van der Waals surface area contributed by atoms with Gasteiger partial charge in [0.1, 0.15) is 10.8 Å². The molecule has 0 atom stereocenters. The summed E-state index contributed by atoms with van der Waals surface area (Å²) in [7, 11) is 0. The maximum atomic E-state index is 11.5. The van der Waals surface area contributed by atoms with Gasteiger partial charge in [-0.15, -0.1) is 0 Å². The molecule has 0 bridgehead atoms. The Balaban J connectivity index is 2.86. The zero-order valence-corrected chi connectivity index (χ0v) is 9.66. The number of ether oxygens (including phenoxy) is 1. The number of H-pyrrole nitrogens is 1. The molecule has 1 rings (SSSR count). The van der Waals surface area contributed by atoms with Gasteiger partial charge in [0.25, 0.3) is 0 Å². The molecule has 0 unspecified atom stereocenters. The first-order valence-electron chi connectivity index (χ1n) is 4.07. The van der Waals surface area contributed by atoms with Gasteiger partial charge in [0.15, 0.2) is 0 Å². The zero-order chi connectivity index (χ0) is 10.9. The van der Waals surface area contributed by atoms with Gasteiger partial charge in [-0.1, -0.05) is 23.2 Å². The third-order valence-electron chi connectivity index (χ3n) is 1.39. The van der Waals surface area contributed by atoms with Gasteiger partial charge in [-0.2, -0.15) is 0 Å². The summed E-state index contributed by atoms with van der Waals surface area (Å²) in [5.74, 6) is -0.481. The highest BCUT2D eigenvalue weighted by Gasteiger charge is 2.21. The van der Waals surface area contributed by atoms with Crippen LogP contribution in [0.25, 0.3) is 0 Å². The molecule has 0 saturated heterocycles. The highest BCUT2D eigenvalue weighted by Crippen LogP contribution is 2.26. The van der Waals surface area contributed by atoms with Crippen LogP contribution in [0.4, 0.5) is 0 Å². The Morgan fingerprint density at radius 1 is 1.43 bits per heavy atom. The summed E-state index contributed by atoms with van der Waals surface area (Å²) < 4.78 is 5.12. The Kier molecular flexibility index (Phi) is 3.12. The van der Waals surface area contributed by atoms with Crippen LogP contribution in [0.15, 0.2) is 6.20 Å². The number of esters is 1. The predicted octanol–water partition coefficient (Wildman–Crippen LogP) is 3.28. The van der Waals surface area contributed by atoms with E-state index in [4.69, 9.17) is 27.9 Å². The average Bonchev–Trinajstić information content (AvgIpc) is 2.29. The van der Waals surface area contributed by atoms with Crippen LogP contribution in [-0.4, -0.2) is 16.6 Å². The predicted molar refractivity (Wildman–Crippen MR) is 56.0 cm³/mol. The quantitative estimate of drug-likeness (QED) is 0.760. The molecular formula is C9H11Cl2NO2. The van der Waals surface area contributed by atoms with Gasteiger partial charge in [-0.25, -0.2) is 4.79 Å². The average molecular weight is 236 g/mol. The van der Waals surface area contributed by atoms with E-state index in [2.05, 4.69) is 4.98 Å². The van der Waals surface area contributed by atoms with Crippen molar-refractivity contribution in [3.63, 3.8) is 0 Å². The third-order valence-corrected chi connectivity index (χ3v) is 2.18. The highest BCUT2D eigenvalue weighted by atomic mass is 35.5. The second-order valence-electron chi connectivity index (χ2n) is 3.83. The van der Waals surface area contributed by atoms with Crippen LogP contribution in [0.5, 0.6) is 0 Å². The van der Waals surface area contributed by atoms with Crippen molar-refractivity contribution in [2.75, 3.05) is 0 Å². The summed E-state index contributed by atoms with van der Waals surface area (Å²) >= 11 is 11.4. The fourth-order valence-electron chi connectivity index (χ4n) is 0.862. The first-order chi connectivity index (χ1) is 6.31. The van der Waals surface area contributed by atoms with Crippen molar-refractivity contribution in [3.8, 4) is 0 Å². The second kappa shape index (κ2) is 3.83. The van der Waals surface area contributed by atoms with Gasteiger partial charge in [-0.3, -0.25) is 0 Å². The molecule has 0 spiro atoms. The number of hydrogen-bond donors (Lipinski definition) is 1. The molecule has 0 fully saturated rings. The number of halogens is 2. The van der Waals surface area contributed by atoms with Crippen LogP contribution < -0.4 is 0 Å². The Labute approximate surface area is 92.3 Å². The minimum Gasteiger partial charge on any atom is -0.456 e. The van der Waals surface area contributed by atoms with Crippen molar-refractivity contribution >= 4 is 29.2 Å². The molecule has 5 heteroatoms. The summed E-state index contributed by atoms with van der Waals surface area (Å²) in [6.45, 7) is 5.35. The first kappa shape index (κ1) is 11.4. The number of carbonyl (C=O) groups excluding carboxylic acids is 1.